The van der Waals surface area contributed by atoms with E-state index in [-0.39, 0.29) is 6.61 Å². The predicted octanol–water partition coefficient (Wildman–Crippen LogP) is 0.259. The van der Waals surface area contributed by atoms with E-state index in [4.69, 9.17) is 5.11 Å². The minimum Gasteiger partial charge on any atom is -0.396 e. The molecule has 2 aromatic heterocycles. The summed E-state index contributed by atoms with van der Waals surface area (Å²) in [7, 11) is 0. The fourth-order valence-electron chi connectivity index (χ4n) is 0.943. The summed E-state index contributed by atoms with van der Waals surface area (Å²) in [5.41, 5.74) is 0. The number of rotatable bonds is 3. The maximum atomic E-state index is 8.69. The quantitative estimate of drug-likeness (QED) is 0.764. The third-order valence-corrected chi connectivity index (χ3v) is 2.41. The SMILES string of the molecule is OCCc1nc(-n2cncn2)cs1. The van der Waals surface area contributed by atoms with Gasteiger partial charge < -0.3 is 5.11 Å². The molecule has 0 aromatic carbocycles. The molecule has 1 N–H and O–H groups in total. The zero-order valence-electron chi connectivity index (χ0n) is 6.79. The lowest BCUT2D eigenvalue weighted by molar-refractivity contribution is 0.299. The molecule has 0 radical (unpaired) electrons. The van der Waals surface area contributed by atoms with Gasteiger partial charge in [0, 0.05) is 18.4 Å². The molecule has 13 heavy (non-hydrogen) atoms. The molecule has 5 nitrogen and oxygen atoms in total. The largest absolute Gasteiger partial charge is 0.396 e. The van der Waals surface area contributed by atoms with Crippen LogP contribution in [0.3, 0.4) is 0 Å². The molecular weight excluding hydrogens is 188 g/mol. The summed E-state index contributed by atoms with van der Waals surface area (Å²) in [6.07, 6.45) is 3.65. The fraction of sp³-hybridized carbons (Fsp3) is 0.286. The first-order valence-corrected chi connectivity index (χ1v) is 4.68. The Morgan fingerprint density at radius 3 is 3.15 bits per heavy atom. The maximum Gasteiger partial charge on any atom is 0.166 e. The number of hydrogen-bond donors (Lipinski definition) is 1. The highest BCUT2D eigenvalue weighted by Gasteiger charge is 2.02. The predicted molar refractivity (Wildman–Crippen MR) is 47.8 cm³/mol. The summed E-state index contributed by atoms with van der Waals surface area (Å²) in [6.45, 7) is 0.129. The summed E-state index contributed by atoms with van der Waals surface area (Å²) in [5.74, 6) is 0.756. The molecule has 68 valence electrons. The number of hydrogen-bond acceptors (Lipinski definition) is 5. The normalized spacial score (nSPS) is 10.5. The van der Waals surface area contributed by atoms with Crippen LogP contribution in [0.1, 0.15) is 5.01 Å². The van der Waals surface area contributed by atoms with Gasteiger partial charge in [-0.3, -0.25) is 0 Å². The summed E-state index contributed by atoms with van der Waals surface area (Å²) in [6, 6.07) is 0. The Morgan fingerprint density at radius 1 is 1.54 bits per heavy atom. The third-order valence-electron chi connectivity index (χ3n) is 1.52. The van der Waals surface area contributed by atoms with Crippen molar-refractivity contribution in [1.82, 2.24) is 19.7 Å². The first-order chi connectivity index (χ1) is 6.40. The van der Waals surface area contributed by atoms with E-state index in [1.165, 1.54) is 17.7 Å². The smallest absolute Gasteiger partial charge is 0.166 e. The van der Waals surface area contributed by atoms with Crippen molar-refractivity contribution in [3.05, 3.63) is 23.0 Å². The monoisotopic (exact) mass is 196 g/mol. The van der Waals surface area contributed by atoms with Gasteiger partial charge in [0.1, 0.15) is 12.7 Å². The highest BCUT2D eigenvalue weighted by Crippen LogP contribution is 2.12. The zero-order valence-corrected chi connectivity index (χ0v) is 7.61. The number of aliphatic hydroxyl groups excluding tert-OH is 1. The second-order valence-corrected chi connectivity index (χ2v) is 3.36. The average molecular weight is 196 g/mol. The van der Waals surface area contributed by atoms with Crippen molar-refractivity contribution in [2.75, 3.05) is 6.61 Å². The van der Waals surface area contributed by atoms with Crippen molar-refractivity contribution in [1.29, 1.82) is 0 Å². The molecule has 0 aliphatic rings. The van der Waals surface area contributed by atoms with Crippen LogP contribution in [0.4, 0.5) is 0 Å². The van der Waals surface area contributed by atoms with Crippen LogP contribution < -0.4 is 0 Å². The first-order valence-electron chi connectivity index (χ1n) is 3.80. The molecule has 2 rings (SSSR count). The molecule has 0 aliphatic heterocycles. The second kappa shape index (κ2) is 3.63. The zero-order chi connectivity index (χ0) is 9.10. The van der Waals surface area contributed by atoms with Gasteiger partial charge in [-0.15, -0.1) is 11.3 Å². The molecule has 0 unspecified atom stereocenters. The fourth-order valence-corrected chi connectivity index (χ4v) is 1.70. The van der Waals surface area contributed by atoms with Crippen molar-refractivity contribution in [3.8, 4) is 5.82 Å². The van der Waals surface area contributed by atoms with Crippen molar-refractivity contribution in [3.63, 3.8) is 0 Å². The number of nitrogens with zero attached hydrogens (tertiary/aromatic N) is 4. The molecule has 0 atom stereocenters. The molecule has 2 heterocycles. The molecule has 0 saturated heterocycles. The summed E-state index contributed by atoms with van der Waals surface area (Å²) >= 11 is 1.51. The molecule has 0 spiro atoms. The van der Waals surface area contributed by atoms with Gasteiger partial charge in [-0.25, -0.2) is 14.6 Å². The Balaban J connectivity index is 2.23. The second-order valence-electron chi connectivity index (χ2n) is 2.41. The van der Waals surface area contributed by atoms with Crippen molar-refractivity contribution in [2.24, 2.45) is 0 Å². The van der Waals surface area contributed by atoms with Crippen LogP contribution in [-0.4, -0.2) is 31.5 Å². The highest BCUT2D eigenvalue weighted by atomic mass is 32.1. The summed E-state index contributed by atoms with van der Waals surface area (Å²) in [4.78, 5) is 8.08. The Labute approximate surface area is 78.7 Å². The average Bonchev–Trinajstić information content (AvgIpc) is 2.70. The van der Waals surface area contributed by atoms with Gasteiger partial charge >= 0.3 is 0 Å². The number of aliphatic hydroxyl groups is 1. The van der Waals surface area contributed by atoms with E-state index in [0.29, 0.717) is 6.42 Å². The molecule has 6 heteroatoms. The van der Waals surface area contributed by atoms with Crippen molar-refractivity contribution in [2.45, 2.75) is 6.42 Å². The lowest BCUT2D eigenvalue weighted by atomic mass is 10.5. The standard InChI is InChI=1S/C7H8N4OS/c12-2-1-7-10-6(3-13-7)11-5-8-4-9-11/h3-5,12H,1-2H2. The van der Waals surface area contributed by atoms with Gasteiger partial charge in [0.15, 0.2) is 5.82 Å². The van der Waals surface area contributed by atoms with Crippen LogP contribution >= 0.6 is 11.3 Å². The maximum absolute atomic E-state index is 8.69. The van der Waals surface area contributed by atoms with Gasteiger partial charge in [0.25, 0.3) is 0 Å². The summed E-state index contributed by atoms with van der Waals surface area (Å²) in [5, 5.41) is 15.4. The van der Waals surface area contributed by atoms with Crippen LogP contribution in [0.5, 0.6) is 0 Å². The first kappa shape index (κ1) is 8.33. The van der Waals surface area contributed by atoms with Crippen LogP contribution in [0.2, 0.25) is 0 Å². The lowest BCUT2D eigenvalue weighted by Gasteiger charge is -1.91. The molecule has 0 bridgehead atoms. The molecule has 0 fully saturated rings. The van der Waals surface area contributed by atoms with Crippen molar-refractivity contribution >= 4 is 11.3 Å². The van der Waals surface area contributed by atoms with E-state index in [9.17, 15) is 0 Å². The van der Waals surface area contributed by atoms with Gasteiger partial charge in [0.2, 0.25) is 0 Å². The van der Waals surface area contributed by atoms with Gasteiger partial charge in [-0.2, -0.15) is 5.10 Å². The van der Waals surface area contributed by atoms with E-state index in [1.807, 2.05) is 5.38 Å². The Kier molecular flexibility index (Phi) is 2.33. The van der Waals surface area contributed by atoms with E-state index < -0.39 is 0 Å². The minimum atomic E-state index is 0.129. The molecule has 0 aliphatic carbocycles. The van der Waals surface area contributed by atoms with E-state index >= 15 is 0 Å². The molecule has 0 amide bonds. The topological polar surface area (TPSA) is 63.8 Å². The van der Waals surface area contributed by atoms with Crippen LogP contribution in [0.15, 0.2) is 18.0 Å². The van der Waals surface area contributed by atoms with E-state index in [1.54, 1.807) is 11.0 Å². The van der Waals surface area contributed by atoms with Gasteiger partial charge in [-0.05, 0) is 0 Å². The van der Waals surface area contributed by atoms with Crippen LogP contribution in [-0.2, 0) is 6.42 Å². The third kappa shape index (κ3) is 1.73. The van der Waals surface area contributed by atoms with Gasteiger partial charge in [-0.1, -0.05) is 0 Å². The molecule has 0 saturated carbocycles. The Bertz CT molecular complexity index is 370. The van der Waals surface area contributed by atoms with Gasteiger partial charge in [0.05, 0.1) is 5.01 Å². The number of aromatic nitrogens is 4. The van der Waals surface area contributed by atoms with E-state index in [2.05, 4.69) is 15.1 Å². The molecule has 2 aromatic rings. The van der Waals surface area contributed by atoms with E-state index in [0.717, 1.165) is 10.8 Å². The molecular formula is C7H8N4OS. The summed E-state index contributed by atoms with van der Waals surface area (Å²) < 4.78 is 1.59. The van der Waals surface area contributed by atoms with Crippen molar-refractivity contribution < 1.29 is 5.11 Å². The lowest BCUT2D eigenvalue weighted by Crippen LogP contribution is -1.96. The van der Waals surface area contributed by atoms with Crippen LogP contribution in [0.25, 0.3) is 5.82 Å². The Hall–Kier alpha value is -1.27. The minimum absolute atomic E-state index is 0.129. The Morgan fingerprint density at radius 2 is 2.46 bits per heavy atom. The van der Waals surface area contributed by atoms with Crippen LogP contribution in [0, 0.1) is 0 Å². The highest BCUT2D eigenvalue weighted by molar-refractivity contribution is 7.09. The number of thiazole rings is 1.